The van der Waals surface area contributed by atoms with Gasteiger partial charge in [-0.3, -0.25) is 0 Å². The minimum absolute atomic E-state index is 0.0587. The predicted molar refractivity (Wildman–Crippen MR) is 64.3 cm³/mol. The summed E-state index contributed by atoms with van der Waals surface area (Å²) in [5.41, 5.74) is 0.856. The van der Waals surface area contributed by atoms with E-state index in [0.717, 1.165) is 12.8 Å². The fourth-order valence-corrected chi connectivity index (χ4v) is 2.98. The average molecular weight is 255 g/mol. The zero-order valence-corrected chi connectivity index (χ0v) is 10.2. The fourth-order valence-electron chi connectivity index (χ4n) is 1.59. The molecular weight excluding hydrogens is 241 g/mol. The number of hydrogen-bond donors (Lipinski definition) is 3. The van der Waals surface area contributed by atoms with Crippen molar-refractivity contribution in [3.8, 4) is 0 Å². The third-order valence-electron chi connectivity index (χ3n) is 2.73. The van der Waals surface area contributed by atoms with Crippen molar-refractivity contribution >= 4 is 22.6 Å². The van der Waals surface area contributed by atoms with Gasteiger partial charge in [0.05, 0.1) is 4.90 Å². The normalized spacial score (nSPS) is 15.9. The van der Waals surface area contributed by atoms with Gasteiger partial charge in [0.25, 0.3) is 0 Å². The maximum Gasteiger partial charge on any atom is 0.488 e. The highest BCUT2D eigenvalue weighted by atomic mass is 32.2. The molecule has 1 aliphatic rings. The van der Waals surface area contributed by atoms with Gasteiger partial charge in [-0.25, -0.2) is 13.1 Å². The zero-order valence-electron chi connectivity index (χ0n) is 9.42. The zero-order chi connectivity index (χ0) is 12.6. The van der Waals surface area contributed by atoms with Crippen molar-refractivity contribution in [2.24, 2.45) is 0 Å². The smallest absolute Gasteiger partial charge is 0.423 e. The van der Waals surface area contributed by atoms with Crippen LogP contribution < -0.4 is 10.2 Å². The minimum Gasteiger partial charge on any atom is -0.423 e. The SMILES string of the molecule is Cc1cc(S(=O)(=O)NC2CC2)ccc1B(O)O. The summed E-state index contributed by atoms with van der Waals surface area (Å²) >= 11 is 0. The van der Waals surface area contributed by atoms with Crippen molar-refractivity contribution in [2.45, 2.75) is 30.7 Å². The summed E-state index contributed by atoms with van der Waals surface area (Å²) in [6.45, 7) is 1.64. The van der Waals surface area contributed by atoms with Crippen molar-refractivity contribution in [3.05, 3.63) is 23.8 Å². The Bertz CT molecular complexity index is 525. The first-order chi connectivity index (χ1) is 7.90. The molecule has 1 aromatic rings. The van der Waals surface area contributed by atoms with Gasteiger partial charge in [0.2, 0.25) is 10.0 Å². The highest BCUT2D eigenvalue weighted by Crippen LogP contribution is 2.22. The molecule has 0 heterocycles. The molecule has 0 aliphatic heterocycles. The number of rotatable bonds is 4. The van der Waals surface area contributed by atoms with E-state index in [1.807, 2.05) is 0 Å². The fraction of sp³-hybridized carbons (Fsp3) is 0.400. The third kappa shape index (κ3) is 2.87. The first-order valence-electron chi connectivity index (χ1n) is 5.39. The molecule has 1 aromatic carbocycles. The molecule has 1 aliphatic carbocycles. The van der Waals surface area contributed by atoms with E-state index in [-0.39, 0.29) is 10.9 Å². The van der Waals surface area contributed by atoms with E-state index >= 15 is 0 Å². The summed E-state index contributed by atoms with van der Waals surface area (Å²) in [6, 6.07) is 4.30. The van der Waals surface area contributed by atoms with Crippen molar-refractivity contribution in [2.75, 3.05) is 0 Å². The Kier molecular flexibility index (Phi) is 3.26. The third-order valence-corrected chi connectivity index (χ3v) is 4.25. The van der Waals surface area contributed by atoms with Crippen LogP contribution in [0.5, 0.6) is 0 Å². The van der Waals surface area contributed by atoms with E-state index in [0.29, 0.717) is 11.0 Å². The van der Waals surface area contributed by atoms with Gasteiger partial charge >= 0.3 is 7.12 Å². The molecule has 7 heteroatoms. The molecular formula is C10H14BNO4S. The molecule has 0 amide bonds. The van der Waals surface area contributed by atoms with E-state index in [2.05, 4.69) is 4.72 Å². The molecule has 5 nitrogen and oxygen atoms in total. The topological polar surface area (TPSA) is 86.6 Å². The average Bonchev–Trinajstić information content (AvgIpc) is 3.00. The number of aryl methyl sites for hydroxylation is 1. The van der Waals surface area contributed by atoms with Gasteiger partial charge in [0.1, 0.15) is 0 Å². The van der Waals surface area contributed by atoms with Gasteiger partial charge in [-0.15, -0.1) is 0 Å². The molecule has 0 saturated heterocycles. The summed E-state index contributed by atoms with van der Waals surface area (Å²) in [4.78, 5) is 0.159. The van der Waals surface area contributed by atoms with Crippen molar-refractivity contribution in [1.29, 1.82) is 0 Å². The van der Waals surface area contributed by atoms with Crippen LogP contribution >= 0.6 is 0 Å². The van der Waals surface area contributed by atoms with Crippen LogP contribution in [0.2, 0.25) is 0 Å². The van der Waals surface area contributed by atoms with Crippen LogP contribution in [0.25, 0.3) is 0 Å². The van der Waals surface area contributed by atoms with Crippen molar-refractivity contribution in [3.63, 3.8) is 0 Å². The summed E-state index contributed by atoms with van der Waals surface area (Å²) < 4.78 is 26.3. The van der Waals surface area contributed by atoms with Crippen LogP contribution in [-0.4, -0.2) is 31.6 Å². The molecule has 0 spiro atoms. The first kappa shape index (κ1) is 12.6. The highest BCUT2D eigenvalue weighted by Gasteiger charge is 2.28. The lowest BCUT2D eigenvalue weighted by molar-refractivity contribution is 0.425. The lowest BCUT2D eigenvalue weighted by Crippen LogP contribution is -2.33. The van der Waals surface area contributed by atoms with Gasteiger partial charge in [-0.05, 0) is 37.4 Å². The number of nitrogens with one attached hydrogen (secondary N) is 1. The van der Waals surface area contributed by atoms with Gasteiger partial charge in [0, 0.05) is 6.04 Å². The molecule has 0 aromatic heterocycles. The minimum atomic E-state index is -3.48. The summed E-state index contributed by atoms with van der Waals surface area (Å²) in [5, 5.41) is 18.1. The second-order valence-corrected chi connectivity index (χ2v) is 6.00. The van der Waals surface area contributed by atoms with Crippen LogP contribution in [0.3, 0.4) is 0 Å². The van der Waals surface area contributed by atoms with Gasteiger partial charge in [-0.2, -0.15) is 0 Å². The Labute approximate surface area is 101 Å². The number of benzene rings is 1. The second-order valence-electron chi connectivity index (χ2n) is 4.29. The molecule has 0 bridgehead atoms. The quantitative estimate of drug-likeness (QED) is 0.609. The molecule has 17 heavy (non-hydrogen) atoms. The monoisotopic (exact) mass is 255 g/mol. The van der Waals surface area contributed by atoms with E-state index in [4.69, 9.17) is 10.0 Å². The molecule has 1 saturated carbocycles. The Morgan fingerprint density at radius 1 is 1.35 bits per heavy atom. The molecule has 3 N–H and O–H groups in total. The maximum absolute atomic E-state index is 11.9. The molecule has 92 valence electrons. The van der Waals surface area contributed by atoms with Crippen LogP contribution in [0.4, 0.5) is 0 Å². The van der Waals surface area contributed by atoms with E-state index in [9.17, 15) is 8.42 Å². The highest BCUT2D eigenvalue weighted by molar-refractivity contribution is 7.89. The Balaban J connectivity index is 2.30. The van der Waals surface area contributed by atoms with E-state index in [1.54, 1.807) is 6.92 Å². The summed E-state index contributed by atoms with van der Waals surface area (Å²) in [6.07, 6.45) is 1.76. The Morgan fingerprint density at radius 3 is 2.47 bits per heavy atom. The van der Waals surface area contributed by atoms with Crippen LogP contribution in [0.1, 0.15) is 18.4 Å². The van der Waals surface area contributed by atoms with Crippen molar-refractivity contribution in [1.82, 2.24) is 4.72 Å². The molecule has 0 unspecified atom stereocenters. The number of hydrogen-bond acceptors (Lipinski definition) is 4. The van der Waals surface area contributed by atoms with E-state index < -0.39 is 17.1 Å². The predicted octanol–water partition coefficient (Wildman–Crippen LogP) is -0.884. The van der Waals surface area contributed by atoms with Gasteiger partial charge in [-0.1, -0.05) is 11.6 Å². The van der Waals surface area contributed by atoms with Crippen molar-refractivity contribution < 1.29 is 18.5 Å². The molecule has 0 atom stereocenters. The van der Waals surface area contributed by atoms with Crippen LogP contribution in [-0.2, 0) is 10.0 Å². The van der Waals surface area contributed by atoms with Gasteiger partial charge in [0.15, 0.2) is 0 Å². The standard InChI is InChI=1S/C10H14BNO4S/c1-7-6-9(4-5-10(7)11(13)14)17(15,16)12-8-2-3-8/h4-6,8,12-14H,2-3H2,1H3. The second kappa shape index (κ2) is 4.42. The van der Waals surface area contributed by atoms with Crippen LogP contribution in [0.15, 0.2) is 23.1 Å². The maximum atomic E-state index is 11.9. The van der Waals surface area contributed by atoms with E-state index in [1.165, 1.54) is 18.2 Å². The lowest BCUT2D eigenvalue weighted by Gasteiger charge is -2.09. The summed E-state index contributed by atoms with van der Waals surface area (Å²) in [5.74, 6) is 0. The largest absolute Gasteiger partial charge is 0.488 e. The molecule has 1 fully saturated rings. The number of sulfonamides is 1. The molecule has 2 rings (SSSR count). The van der Waals surface area contributed by atoms with Crippen LogP contribution in [0, 0.1) is 6.92 Å². The lowest BCUT2D eigenvalue weighted by atomic mass is 9.77. The Morgan fingerprint density at radius 2 is 2.00 bits per heavy atom. The van der Waals surface area contributed by atoms with Gasteiger partial charge < -0.3 is 10.0 Å². The Hall–Kier alpha value is -0.885. The summed E-state index contributed by atoms with van der Waals surface area (Å²) in [7, 11) is -5.06. The molecule has 0 radical (unpaired) electrons. The first-order valence-corrected chi connectivity index (χ1v) is 6.87.